The van der Waals surface area contributed by atoms with E-state index < -0.39 is 0 Å². The zero-order chi connectivity index (χ0) is 11.7. The van der Waals surface area contributed by atoms with Crippen LogP contribution in [0, 0.1) is 11.3 Å². The van der Waals surface area contributed by atoms with Crippen LogP contribution in [0.25, 0.3) is 5.69 Å². The van der Waals surface area contributed by atoms with Crippen LogP contribution in [0.1, 0.15) is 5.56 Å². The monoisotopic (exact) mass is 341 g/mol. The van der Waals surface area contributed by atoms with Crippen LogP contribution in [0.5, 0.6) is 0 Å². The lowest BCUT2D eigenvalue weighted by Crippen LogP contribution is -2.01. The summed E-state index contributed by atoms with van der Waals surface area (Å²) >= 11 is 6.53. The molecule has 0 aliphatic carbocycles. The standard InChI is InChI=1S/C9H5Br2N5/c10-6-2-1-3-7(5(6)4-12)16-8(11)14-9(13)15-16/h1-3H,(H2,13,15). The molecule has 16 heavy (non-hydrogen) atoms. The van der Waals surface area contributed by atoms with Crippen LogP contribution in [0.15, 0.2) is 27.4 Å². The van der Waals surface area contributed by atoms with Crippen molar-refractivity contribution < 1.29 is 0 Å². The number of hydrogen-bond acceptors (Lipinski definition) is 4. The summed E-state index contributed by atoms with van der Waals surface area (Å²) in [7, 11) is 0. The lowest BCUT2D eigenvalue weighted by molar-refractivity contribution is 0.856. The molecule has 0 saturated heterocycles. The fraction of sp³-hybridized carbons (Fsp3) is 0. The Balaban J connectivity index is 2.70. The van der Waals surface area contributed by atoms with Gasteiger partial charge in [0.25, 0.3) is 0 Å². The smallest absolute Gasteiger partial charge is 0.240 e. The molecule has 1 heterocycles. The van der Waals surface area contributed by atoms with Crippen molar-refractivity contribution in [2.45, 2.75) is 0 Å². The summed E-state index contributed by atoms with van der Waals surface area (Å²) in [5.41, 5.74) is 6.58. The number of aromatic nitrogens is 3. The maximum atomic E-state index is 9.07. The van der Waals surface area contributed by atoms with E-state index in [-0.39, 0.29) is 5.95 Å². The van der Waals surface area contributed by atoms with Gasteiger partial charge >= 0.3 is 0 Å². The van der Waals surface area contributed by atoms with Crippen molar-refractivity contribution in [1.82, 2.24) is 14.8 Å². The minimum Gasteiger partial charge on any atom is -0.366 e. The molecule has 0 radical (unpaired) electrons. The topological polar surface area (TPSA) is 80.5 Å². The maximum Gasteiger partial charge on any atom is 0.240 e. The highest BCUT2D eigenvalue weighted by Gasteiger charge is 2.12. The third-order valence-electron chi connectivity index (χ3n) is 1.92. The first-order chi connectivity index (χ1) is 7.63. The Labute approximate surface area is 108 Å². The summed E-state index contributed by atoms with van der Waals surface area (Å²) in [6, 6.07) is 7.47. The van der Waals surface area contributed by atoms with E-state index in [1.807, 2.05) is 6.07 Å². The zero-order valence-corrected chi connectivity index (χ0v) is 11.0. The van der Waals surface area contributed by atoms with E-state index in [1.54, 1.807) is 12.1 Å². The molecule has 5 nitrogen and oxygen atoms in total. The minimum atomic E-state index is 0.149. The molecular formula is C9H5Br2N5. The van der Waals surface area contributed by atoms with Gasteiger partial charge in [-0.1, -0.05) is 6.07 Å². The molecule has 2 aromatic rings. The molecule has 0 unspecified atom stereocenters. The second-order valence-corrected chi connectivity index (χ2v) is 4.46. The van der Waals surface area contributed by atoms with Crippen molar-refractivity contribution in [2.75, 3.05) is 5.73 Å². The molecule has 0 amide bonds. The molecule has 0 bridgehead atoms. The summed E-state index contributed by atoms with van der Waals surface area (Å²) in [4.78, 5) is 3.91. The SMILES string of the molecule is N#Cc1c(Br)cccc1-n1nc(N)nc1Br. The van der Waals surface area contributed by atoms with Crippen molar-refractivity contribution in [3.63, 3.8) is 0 Å². The van der Waals surface area contributed by atoms with Crippen LogP contribution in [0.3, 0.4) is 0 Å². The summed E-state index contributed by atoms with van der Waals surface area (Å²) in [6.45, 7) is 0. The molecule has 0 aliphatic rings. The molecular weight excluding hydrogens is 338 g/mol. The number of nitriles is 1. The van der Waals surface area contributed by atoms with E-state index in [2.05, 4.69) is 48.0 Å². The van der Waals surface area contributed by atoms with Gasteiger partial charge in [0.15, 0.2) is 0 Å². The van der Waals surface area contributed by atoms with Gasteiger partial charge in [0.1, 0.15) is 6.07 Å². The van der Waals surface area contributed by atoms with E-state index in [0.717, 1.165) is 0 Å². The predicted molar refractivity (Wildman–Crippen MR) is 65.9 cm³/mol. The highest BCUT2D eigenvalue weighted by molar-refractivity contribution is 9.10. The Morgan fingerprint density at radius 3 is 2.69 bits per heavy atom. The number of nitrogen functional groups attached to an aromatic ring is 1. The maximum absolute atomic E-state index is 9.07. The summed E-state index contributed by atoms with van der Waals surface area (Å²) < 4.78 is 2.63. The van der Waals surface area contributed by atoms with Gasteiger partial charge < -0.3 is 5.73 Å². The zero-order valence-electron chi connectivity index (χ0n) is 7.85. The third kappa shape index (κ3) is 1.81. The van der Waals surface area contributed by atoms with Crippen molar-refractivity contribution in [3.8, 4) is 11.8 Å². The highest BCUT2D eigenvalue weighted by atomic mass is 79.9. The summed E-state index contributed by atoms with van der Waals surface area (Å²) in [6.07, 6.45) is 0. The molecule has 0 fully saturated rings. The van der Waals surface area contributed by atoms with Crippen LogP contribution in [-0.2, 0) is 0 Å². The molecule has 0 saturated carbocycles. The first-order valence-electron chi connectivity index (χ1n) is 4.20. The normalized spacial score (nSPS) is 10.1. The van der Waals surface area contributed by atoms with Crippen LogP contribution in [0.4, 0.5) is 5.95 Å². The van der Waals surface area contributed by atoms with E-state index in [1.165, 1.54) is 4.68 Å². The molecule has 1 aromatic heterocycles. The van der Waals surface area contributed by atoms with Crippen LogP contribution in [-0.4, -0.2) is 14.8 Å². The second kappa shape index (κ2) is 4.23. The molecule has 2 N–H and O–H groups in total. The first-order valence-corrected chi connectivity index (χ1v) is 5.79. The Kier molecular flexibility index (Phi) is 2.94. The number of nitrogens with two attached hydrogens (primary N) is 1. The van der Waals surface area contributed by atoms with Gasteiger partial charge in [0.2, 0.25) is 10.7 Å². The Morgan fingerprint density at radius 1 is 1.38 bits per heavy atom. The third-order valence-corrected chi connectivity index (χ3v) is 3.09. The fourth-order valence-corrected chi connectivity index (χ4v) is 2.16. The highest BCUT2D eigenvalue weighted by Crippen LogP contribution is 2.24. The lowest BCUT2D eigenvalue weighted by Gasteiger charge is -2.05. The average molecular weight is 343 g/mol. The van der Waals surface area contributed by atoms with E-state index in [4.69, 9.17) is 11.0 Å². The van der Waals surface area contributed by atoms with Crippen molar-refractivity contribution in [1.29, 1.82) is 5.26 Å². The molecule has 7 heteroatoms. The number of hydrogen-bond donors (Lipinski definition) is 1. The van der Waals surface area contributed by atoms with E-state index in [9.17, 15) is 0 Å². The molecule has 2 rings (SSSR count). The summed E-state index contributed by atoms with van der Waals surface area (Å²) in [5.74, 6) is 0.149. The molecule has 1 aromatic carbocycles. The summed E-state index contributed by atoms with van der Waals surface area (Å²) in [5, 5.41) is 13.1. The van der Waals surface area contributed by atoms with Gasteiger partial charge in [0.05, 0.1) is 11.3 Å². The number of benzene rings is 1. The predicted octanol–water partition coefficient (Wildman–Crippen LogP) is 2.25. The molecule has 0 spiro atoms. The van der Waals surface area contributed by atoms with Gasteiger partial charge in [-0.05, 0) is 44.0 Å². The lowest BCUT2D eigenvalue weighted by atomic mass is 10.2. The quantitative estimate of drug-likeness (QED) is 0.861. The first kappa shape index (κ1) is 11.1. The van der Waals surface area contributed by atoms with Crippen molar-refractivity contribution >= 4 is 37.8 Å². The van der Waals surface area contributed by atoms with Gasteiger partial charge in [0, 0.05) is 4.47 Å². The number of rotatable bonds is 1. The van der Waals surface area contributed by atoms with Gasteiger partial charge in [-0.2, -0.15) is 10.2 Å². The van der Waals surface area contributed by atoms with Crippen LogP contribution in [0.2, 0.25) is 0 Å². The van der Waals surface area contributed by atoms with Gasteiger partial charge in [-0.3, -0.25) is 0 Å². The van der Waals surface area contributed by atoms with Crippen molar-refractivity contribution in [2.24, 2.45) is 0 Å². The number of halogens is 2. The van der Waals surface area contributed by atoms with Crippen LogP contribution < -0.4 is 5.73 Å². The average Bonchev–Trinajstić information content (AvgIpc) is 2.57. The fourth-order valence-electron chi connectivity index (χ4n) is 1.26. The number of anilines is 1. The van der Waals surface area contributed by atoms with Gasteiger partial charge in [-0.15, -0.1) is 5.10 Å². The van der Waals surface area contributed by atoms with Crippen molar-refractivity contribution in [3.05, 3.63) is 33.0 Å². The Morgan fingerprint density at radius 2 is 2.12 bits per heavy atom. The molecule has 80 valence electrons. The second-order valence-electron chi connectivity index (χ2n) is 2.90. The largest absolute Gasteiger partial charge is 0.366 e. The number of nitrogens with zero attached hydrogens (tertiary/aromatic N) is 4. The Hall–Kier alpha value is -1.39. The Bertz CT molecular complexity index is 584. The minimum absolute atomic E-state index is 0.149. The molecule has 0 atom stereocenters. The van der Waals surface area contributed by atoms with Crippen LogP contribution >= 0.6 is 31.9 Å². The van der Waals surface area contributed by atoms with Gasteiger partial charge in [-0.25, -0.2) is 4.68 Å². The van der Waals surface area contributed by atoms with E-state index in [0.29, 0.717) is 20.5 Å². The molecule has 0 aliphatic heterocycles. The van der Waals surface area contributed by atoms with E-state index >= 15 is 0 Å².